The van der Waals surface area contributed by atoms with Gasteiger partial charge in [-0.05, 0) is 6.92 Å². The van der Waals surface area contributed by atoms with E-state index in [0.29, 0.717) is 5.57 Å². The summed E-state index contributed by atoms with van der Waals surface area (Å²) >= 11 is 10.9. The van der Waals surface area contributed by atoms with Gasteiger partial charge in [0.25, 0.3) is 0 Å². The highest BCUT2D eigenvalue weighted by Gasteiger charge is 2.09. The lowest BCUT2D eigenvalue weighted by Gasteiger charge is -2.13. The van der Waals surface area contributed by atoms with Crippen LogP contribution in [0.5, 0.6) is 0 Å². The Labute approximate surface area is 70.7 Å². The fourth-order valence-corrected chi connectivity index (χ4v) is 0.717. The lowest BCUT2D eigenvalue weighted by molar-refractivity contribution is -0.0747. The van der Waals surface area contributed by atoms with Crippen LogP contribution in [-0.4, -0.2) is 20.5 Å². The summed E-state index contributed by atoms with van der Waals surface area (Å²) < 4.78 is 9.94. The maximum absolute atomic E-state index is 5.47. The molecule has 0 bridgehead atoms. The van der Waals surface area contributed by atoms with E-state index >= 15 is 0 Å². The minimum Gasteiger partial charge on any atom is -0.352 e. The number of ether oxygens (including phenoxy) is 2. The summed E-state index contributed by atoms with van der Waals surface area (Å²) in [6, 6.07) is 0. The van der Waals surface area contributed by atoms with E-state index in [1.54, 1.807) is 6.92 Å². The number of halogens is 2. The molecule has 0 saturated carbocycles. The van der Waals surface area contributed by atoms with Gasteiger partial charge in [-0.15, -0.1) is 0 Å². The van der Waals surface area contributed by atoms with E-state index in [-0.39, 0.29) is 4.49 Å². The first kappa shape index (κ1) is 10.2. The molecular weight excluding hydrogens is 175 g/mol. The molecule has 0 rings (SSSR count). The van der Waals surface area contributed by atoms with Crippen molar-refractivity contribution in [2.24, 2.45) is 0 Å². The summed E-state index contributed by atoms with van der Waals surface area (Å²) in [5.41, 5.74) is 0.674. The first-order valence-electron chi connectivity index (χ1n) is 2.70. The summed E-state index contributed by atoms with van der Waals surface area (Å²) in [6.45, 7) is 1.74. The normalized spacial score (nSPS) is 10.2. The Kier molecular flexibility index (Phi) is 5.09. The van der Waals surface area contributed by atoms with Gasteiger partial charge >= 0.3 is 0 Å². The molecule has 0 amide bonds. The van der Waals surface area contributed by atoms with E-state index in [4.69, 9.17) is 32.7 Å². The van der Waals surface area contributed by atoms with Gasteiger partial charge in [0.2, 0.25) is 0 Å². The van der Waals surface area contributed by atoms with Crippen LogP contribution >= 0.6 is 23.2 Å². The Morgan fingerprint density at radius 2 is 1.60 bits per heavy atom. The monoisotopic (exact) mass is 184 g/mol. The van der Waals surface area contributed by atoms with Crippen LogP contribution in [0.2, 0.25) is 0 Å². The van der Waals surface area contributed by atoms with Crippen molar-refractivity contribution in [2.45, 2.75) is 13.2 Å². The molecule has 0 fully saturated rings. The maximum atomic E-state index is 5.47. The molecule has 60 valence electrons. The lowest BCUT2D eigenvalue weighted by atomic mass is 10.3. The lowest BCUT2D eigenvalue weighted by Crippen LogP contribution is -2.14. The molecule has 0 aliphatic heterocycles. The van der Waals surface area contributed by atoms with Crippen molar-refractivity contribution >= 4 is 23.2 Å². The molecule has 0 N–H and O–H groups in total. The van der Waals surface area contributed by atoms with E-state index in [1.807, 2.05) is 0 Å². The van der Waals surface area contributed by atoms with Crippen molar-refractivity contribution in [3.05, 3.63) is 10.1 Å². The van der Waals surface area contributed by atoms with Crippen LogP contribution in [0.1, 0.15) is 6.92 Å². The Hall–Kier alpha value is 0.240. The van der Waals surface area contributed by atoms with Crippen molar-refractivity contribution in [2.75, 3.05) is 14.2 Å². The topological polar surface area (TPSA) is 18.5 Å². The van der Waals surface area contributed by atoms with Crippen molar-refractivity contribution < 1.29 is 9.47 Å². The molecule has 0 atom stereocenters. The minimum atomic E-state index is -0.440. The highest BCUT2D eigenvalue weighted by Crippen LogP contribution is 2.18. The number of methoxy groups -OCH3 is 2. The molecule has 0 aromatic heterocycles. The average Bonchev–Trinajstić information content (AvgIpc) is 1.90. The number of hydrogen-bond acceptors (Lipinski definition) is 2. The zero-order valence-corrected chi connectivity index (χ0v) is 7.66. The SMILES string of the molecule is COC(OC)C(C)=C(Cl)Cl. The van der Waals surface area contributed by atoms with Crippen LogP contribution in [0.15, 0.2) is 10.1 Å². The van der Waals surface area contributed by atoms with Gasteiger partial charge < -0.3 is 9.47 Å². The molecule has 10 heavy (non-hydrogen) atoms. The highest BCUT2D eigenvalue weighted by molar-refractivity contribution is 6.56. The third-order valence-electron chi connectivity index (χ3n) is 1.08. The number of rotatable bonds is 3. The standard InChI is InChI=1S/C6H10Cl2O2/c1-4(5(7)8)6(9-2)10-3/h6H,1-3H3. The second kappa shape index (κ2) is 4.97. The van der Waals surface area contributed by atoms with Gasteiger partial charge in [0.1, 0.15) is 4.49 Å². The Bertz CT molecular complexity index is 126. The van der Waals surface area contributed by atoms with Gasteiger partial charge in [-0.25, -0.2) is 0 Å². The molecule has 0 heterocycles. The molecule has 0 aliphatic carbocycles. The fourth-order valence-electron chi connectivity index (χ4n) is 0.539. The molecule has 0 spiro atoms. The molecule has 2 nitrogen and oxygen atoms in total. The largest absolute Gasteiger partial charge is 0.352 e. The average molecular weight is 185 g/mol. The van der Waals surface area contributed by atoms with E-state index in [1.165, 1.54) is 14.2 Å². The van der Waals surface area contributed by atoms with E-state index in [9.17, 15) is 0 Å². The van der Waals surface area contributed by atoms with Gasteiger partial charge in [0, 0.05) is 19.8 Å². The van der Waals surface area contributed by atoms with E-state index in [0.717, 1.165) is 0 Å². The van der Waals surface area contributed by atoms with Crippen molar-refractivity contribution in [3.8, 4) is 0 Å². The third-order valence-corrected chi connectivity index (χ3v) is 1.68. The zero-order chi connectivity index (χ0) is 8.15. The van der Waals surface area contributed by atoms with Crippen LogP contribution in [0.4, 0.5) is 0 Å². The molecule has 0 saturated heterocycles. The van der Waals surface area contributed by atoms with Gasteiger partial charge in [-0.1, -0.05) is 23.2 Å². The summed E-state index contributed by atoms with van der Waals surface area (Å²) in [5.74, 6) is 0. The highest BCUT2D eigenvalue weighted by atomic mass is 35.5. The number of hydrogen-bond donors (Lipinski definition) is 0. The van der Waals surface area contributed by atoms with Crippen LogP contribution in [0.3, 0.4) is 0 Å². The smallest absolute Gasteiger partial charge is 0.181 e. The van der Waals surface area contributed by atoms with Gasteiger partial charge in [0.05, 0.1) is 0 Å². The van der Waals surface area contributed by atoms with Gasteiger partial charge in [-0.2, -0.15) is 0 Å². The third kappa shape index (κ3) is 2.88. The molecule has 0 unspecified atom stereocenters. The first-order valence-corrected chi connectivity index (χ1v) is 3.46. The van der Waals surface area contributed by atoms with Crippen LogP contribution in [0, 0.1) is 0 Å². The Balaban J connectivity index is 4.15. The van der Waals surface area contributed by atoms with E-state index < -0.39 is 6.29 Å². The van der Waals surface area contributed by atoms with Gasteiger partial charge in [0.15, 0.2) is 6.29 Å². The second-order valence-electron chi connectivity index (χ2n) is 1.75. The first-order chi connectivity index (χ1) is 4.63. The maximum Gasteiger partial charge on any atom is 0.181 e. The molecule has 0 radical (unpaired) electrons. The Morgan fingerprint density at radius 1 is 1.20 bits per heavy atom. The Morgan fingerprint density at radius 3 is 1.70 bits per heavy atom. The second-order valence-corrected chi connectivity index (χ2v) is 2.70. The van der Waals surface area contributed by atoms with Crippen molar-refractivity contribution in [1.82, 2.24) is 0 Å². The fraction of sp³-hybridized carbons (Fsp3) is 0.667. The predicted molar refractivity (Wildman–Crippen MR) is 42.2 cm³/mol. The minimum absolute atomic E-state index is 0.189. The quantitative estimate of drug-likeness (QED) is 0.628. The van der Waals surface area contributed by atoms with Crippen molar-refractivity contribution in [1.29, 1.82) is 0 Å². The molecule has 0 aromatic carbocycles. The van der Waals surface area contributed by atoms with Crippen LogP contribution in [-0.2, 0) is 9.47 Å². The van der Waals surface area contributed by atoms with Crippen molar-refractivity contribution in [3.63, 3.8) is 0 Å². The molecule has 0 aliphatic rings. The zero-order valence-electron chi connectivity index (χ0n) is 6.15. The van der Waals surface area contributed by atoms with E-state index in [2.05, 4.69) is 0 Å². The van der Waals surface area contributed by atoms with Crippen LogP contribution < -0.4 is 0 Å². The summed E-state index contributed by atoms with van der Waals surface area (Å²) in [7, 11) is 3.04. The summed E-state index contributed by atoms with van der Waals surface area (Å²) in [4.78, 5) is 0. The summed E-state index contributed by atoms with van der Waals surface area (Å²) in [5, 5.41) is 0. The molecule has 4 heteroatoms. The molecular formula is C6H10Cl2O2. The molecule has 0 aromatic rings. The van der Waals surface area contributed by atoms with Crippen LogP contribution in [0.25, 0.3) is 0 Å². The van der Waals surface area contributed by atoms with Gasteiger partial charge in [-0.3, -0.25) is 0 Å². The summed E-state index contributed by atoms with van der Waals surface area (Å²) in [6.07, 6.45) is -0.440. The predicted octanol–water partition coefficient (Wildman–Crippen LogP) is 2.31.